The number of hydrogen-bond acceptors (Lipinski definition) is 4. The first kappa shape index (κ1) is 13.3. The number of nitrogens with one attached hydrogen (secondary N) is 1. The molecule has 102 valence electrons. The van der Waals surface area contributed by atoms with Gasteiger partial charge < -0.3 is 10.4 Å². The smallest absolute Gasteiger partial charge is 0.308 e. The zero-order chi connectivity index (χ0) is 14.0. The fourth-order valence-electron chi connectivity index (χ4n) is 2.41. The van der Waals surface area contributed by atoms with Gasteiger partial charge in [0.05, 0.1) is 16.9 Å². The number of hydrogen-bond donors (Lipinski definition) is 2. The summed E-state index contributed by atoms with van der Waals surface area (Å²) in [4.78, 5) is 21.2. The second kappa shape index (κ2) is 5.21. The molecule has 6 nitrogen and oxygen atoms in total. The Hall–Kier alpha value is -2.18. The highest BCUT2D eigenvalue weighted by Crippen LogP contribution is 2.32. The Bertz CT molecular complexity index is 520. The third kappa shape index (κ3) is 2.81. The molecule has 0 bridgehead atoms. The van der Waals surface area contributed by atoms with Crippen molar-refractivity contribution >= 4 is 17.3 Å². The first-order valence-electron chi connectivity index (χ1n) is 5.92. The molecule has 1 aromatic rings. The Morgan fingerprint density at radius 2 is 2.21 bits per heavy atom. The van der Waals surface area contributed by atoms with E-state index in [1.165, 1.54) is 6.07 Å². The number of nitrogens with zero attached hydrogens (tertiary/aromatic N) is 1. The third-order valence-corrected chi connectivity index (χ3v) is 3.33. The molecule has 1 saturated carbocycles. The highest BCUT2D eigenvalue weighted by atomic mass is 19.1. The molecule has 0 saturated heterocycles. The summed E-state index contributed by atoms with van der Waals surface area (Å²) in [5.41, 5.74) is -0.222. The van der Waals surface area contributed by atoms with Crippen LogP contribution in [0.15, 0.2) is 18.2 Å². The summed E-state index contributed by atoms with van der Waals surface area (Å²) in [6, 6.07) is 2.85. The Labute approximate surface area is 108 Å². The average molecular weight is 268 g/mol. The molecule has 1 aliphatic rings. The highest BCUT2D eigenvalue weighted by molar-refractivity contribution is 5.73. The molecule has 0 amide bonds. The van der Waals surface area contributed by atoms with Crippen LogP contribution in [0.25, 0.3) is 0 Å². The van der Waals surface area contributed by atoms with Crippen molar-refractivity contribution in [1.29, 1.82) is 0 Å². The predicted octanol–water partition coefficient (Wildman–Crippen LogP) is 2.40. The van der Waals surface area contributed by atoms with Crippen LogP contribution in [0.3, 0.4) is 0 Å². The summed E-state index contributed by atoms with van der Waals surface area (Å²) in [6.45, 7) is 0. The maximum atomic E-state index is 13.0. The maximum absolute atomic E-state index is 13.0. The van der Waals surface area contributed by atoms with E-state index in [1.807, 2.05) is 0 Å². The Kier molecular flexibility index (Phi) is 3.64. The molecular formula is C12H13FN2O4. The summed E-state index contributed by atoms with van der Waals surface area (Å²) in [7, 11) is 0. The topological polar surface area (TPSA) is 92.5 Å². The van der Waals surface area contributed by atoms with Crippen LogP contribution in [-0.4, -0.2) is 22.0 Å². The maximum Gasteiger partial charge on any atom is 0.308 e. The number of nitro benzene ring substituents is 1. The molecule has 0 aliphatic heterocycles. The lowest BCUT2D eigenvalue weighted by Gasteiger charge is -2.18. The van der Waals surface area contributed by atoms with Crippen LogP contribution in [0.5, 0.6) is 0 Å². The van der Waals surface area contributed by atoms with E-state index >= 15 is 0 Å². The molecule has 0 aromatic heterocycles. The van der Waals surface area contributed by atoms with E-state index in [-0.39, 0.29) is 17.4 Å². The number of nitro groups is 1. The van der Waals surface area contributed by atoms with Crippen LogP contribution in [0.1, 0.15) is 19.3 Å². The third-order valence-electron chi connectivity index (χ3n) is 3.33. The van der Waals surface area contributed by atoms with Gasteiger partial charge in [0.2, 0.25) is 0 Å². The number of carboxylic acids is 1. The van der Waals surface area contributed by atoms with Crippen molar-refractivity contribution in [2.45, 2.75) is 25.3 Å². The fraction of sp³-hybridized carbons (Fsp3) is 0.417. The largest absolute Gasteiger partial charge is 0.481 e. The minimum atomic E-state index is -0.917. The van der Waals surface area contributed by atoms with Crippen molar-refractivity contribution in [3.05, 3.63) is 34.1 Å². The second-order valence-corrected chi connectivity index (χ2v) is 4.55. The van der Waals surface area contributed by atoms with Gasteiger partial charge in [-0.25, -0.2) is 4.39 Å². The number of benzene rings is 1. The monoisotopic (exact) mass is 268 g/mol. The van der Waals surface area contributed by atoms with Crippen LogP contribution in [0.4, 0.5) is 15.8 Å². The van der Waals surface area contributed by atoms with Crippen LogP contribution >= 0.6 is 0 Å². The minimum Gasteiger partial charge on any atom is -0.481 e. The van der Waals surface area contributed by atoms with Gasteiger partial charge in [-0.3, -0.25) is 14.9 Å². The van der Waals surface area contributed by atoms with Crippen molar-refractivity contribution < 1.29 is 19.2 Å². The molecule has 2 atom stereocenters. The first-order chi connectivity index (χ1) is 8.99. The van der Waals surface area contributed by atoms with Crippen molar-refractivity contribution in [2.75, 3.05) is 5.32 Å². The summed E-state index contributed by atoms with van der Waals surface area (Å²) >= 11 is 0. The van der Waals surface area contributed by atoms with Crippen molar-refractivity contribution in [3.8, 4) is 0 Å². The molecule has 1 aromatic carbocycles. The number of rotatable bonds is 4. The number of anilines is 1. The highest BCUT2D eigenvalue weighted by Gasteiger charge is 2.34. The van der Waals surface area contributed by atoms with Gasteiger partial charge in [0, 0.05) is 6.04 Å². The van der Waals surface area contributed by atoms with Gasteiger partial charge in [-0.2, -0.15) is 0 Å². The van der Waals surface area contributed by atoms with Gasteiger partial charge in [-0.15, -0.1) is 0 Å². The Morgan fingerprint density at radius 1 is 1.47 bits per heavy atom. The molecule has 1 aliphatic carbocycles. The van der Waals surface area contributed by atoms with Crippen molar-refractivity contribution in [3.63, 3.8) is 0 Å². The minimum absolute atomic E-state index is 0.157. The molecule has 0 heterocycles. The number of carboxylic acid groups (broad SMARTS) is 1. The fourth-order valence-corrected chi connectivity index (χ4v) is 2.41. The van der Waals surface area contributed by atoms with Crippen LogP contribution in [-0.2, 0) is 4.79 Å². The summed E-state index contributed by atoms with van der Waals surface area (Å²) in [5.74, 6) is -2.18. The van der Waals surface area contributed by atoms with Gasteiger partial charge in [-0.05, 0) is 25.0 Å². The lowest BCUT2D eigenvalue weighted by molar-refractivity contribution is -0.384. The molecule has 7 heteroatoms. The van der Waals surface area contributed by atoms with Gasteiger partial charge in [0.15, 0.2) is 0 Å². The van der Waals surface area contributed by atoms with E-state index in [1.54, 1.807) is 0 Å². The van der Waals surface area contributed by atoms with Crippen LogP contribution in [0.2, 0.25) is 0 Å². The molecular weight excluding hydrogens is 255 g/mol. The zero-order valence-electron chi connectivity index (χ0n) is 10.0. The molecule has 2 unspecified atom stereocenters. The summed E-state index contributed by atoms with van der Waals surface area (Å²) in [5, 5.41) is 22.8. The standard InChI is InChI=1S/C12H13FN2O4/c13-7-4-5-10(11(6-7)15(18)19)14-9-3-1-2-8(9)12(16)17/h4-6,8-9,14H,1-3H2,(H,16,17). The van der Waals surface area contributed by atoms with Crippen molar-refractivity contribution in [2.24, 2.45) is 5.92 Å². The predicted molar refractivity (Wildman–Crippen MR) is 65.4 cm³/mol. The molecule has 2 rings (SSSR count). The molecule has 0 spiro atoms. The number of halogens is 1. The zero-order valence-corrected chi connectivity index (χ0v) is 10.0. The van der Waals surface area contributed by atoms with Crippen LogP contribution < -0.4 is 5.32 Å². The van der Waals surface area contributed by atoms with Gasteiger partial charge in [-0.1, -0.05) is 6.42 Å². The SMILES string of the molecule is O=C(O)C1CCCC1Nc1ccc(F)cc1[N+](=O)[O-]. The number of aliphatic carboxylic acids is 1. The first-order valence-corrected chi connectivity index (χ1v) is 5.92. The molecule has 19 heavy (non-hydrogen) atoms. The lowest BCUT2D eigenvalue weighted by atomic mass is 10.0. The van der Waals surface area contributed by atoms with Gasteiger partial charge in [0.1, 0.15) is 11.5 Å². The normalized spacial score (nSPS) is 22.2. The van der Waals surface area contributed by atoms with Crippen molar-refractivity contribution in [1.82, 2.24) is 0 Å². The van der Waals surface area contributed by atoms with E-state index < -0.39 is 22.6 Å². The van der Waals surface area contributed by atoms with E-state index in [0.717, 1.165) is 18.6 Å². The molecule has 1 fully saturated rings. The Balaban J connectivity index is 2.23. The summed E-state index contributed by atoms with van der Waals surface area (Å²) in [6.07, 6.45) is 1.93. The van der Waals surface area contributed by atoms with Gasteiger partial charge in [0.25, 0.3) is 5.69 Å². The van der Waals surface area contributed by atoms with E-state index in [4.69, 9.17) is 5.11 Å². The molecule has 0 radical (unpaired) electrons. The average Bonchev–Trinajstić information content (AvgIpc) is 2.79. The van der Waals surface area contributed by atoms with Gasteiger partial charge >= 0.3 is 5.97 Å². The summed E-state index contributed by atoms with van der Waals surface area (Å²) < 4.78 is 13.0. The van der Waals surface area contributed by atoms with E-state index in [0.29, 0.717) is 12.8 Å². The quantitative estimate of drug-likeness (QED) is 0.646. The van der Waals surface area contributed by atoms with Crippen LogP contribution in [0, 0.1) is 21.8 Å². The Morgan fingerprint density at radius 3 is 2.84 bits per heavy atom. The lowest BCUT2D eigenvalue weighted by Crippen LogP contribution is -2.30. The van der Waals surface area contributed by atoms with E-state index in [9.17, 15) is 19.3 Å². The molecule has 2 N–H and O–H groups in total. The second-order valence-electron chi connectivity index (χ2n) is 4.55. The number of carbonyl (C=O) groups is 1. The van der Waals surface area contributed by atoms with E-state index in [2.05, 4.69) is 5.32 Å².